The van der Waals surface area contributed by atoms with E-state index in [0.29, 0.717) is 16.5 Å². The predicted molar refractivity (Wildman–Crippen MR) is 86.1 cm³/mol. The number of nitrogens with zero attached hydrogens (tertiary/aromatic N) is 3. The molecule has 1 fully saturated rings. The molecule has 0 radical (unpaired) electrons. The summed E-state index contributed by atoms with van der Waals surface area (Å²) in [4.78, 5) is 0. The van der Waals surface area contributed by atoms with Gasteiger partial charge in [-0.3, -0.25) is 4.68 Å². The Balaban J connectivity index is 2.17. The first kappa shape index (κ1) is 16.4. The van der Waals surface area contributed by atoms with Crippen LogP contribution in [0, 0.1) is 35.0 Å². The molecule has 0 spiro atoms. The predicted octanol–water partition coefficient (Wildman–Crippen LogP) is 4.67. The third kappa shape index (κ3) is 3.26. The molecular formula is C17H26ClN3. The lowest BCUT2D eigenvalue weighted by atomic mass is 9.63. The van der Waals surface area contributed by atoms with E-state index in [1.54, 1.807) is 4.68 Å². The van der Waals surface area contributed by atoms with E-state index in [2.05, 4.69) is 31.9 Å². The molecule has 3 nitrogen and oxygen atoms in total. The van der Waals surface area contributed by atoms with Crippen molar-refractivity contribution in [2.75, 3.05) is 0 Å². The number of aromatic nitrogens is 2. The summed E-state index contributed by atoms with van der Waals surface area (Å²) < 4.78 is 1.71. The van der Waals surface area contributed by atoms with E-state index < -0.39 is 0 Å². The Morgan fingerprint density at radius 1 is 1.38 bits per heavy atom. The van der Waals surface area contributed by atoms with Gasteiger partial charge in [0.05, 0.1) is 17.2 Å². The van der Waals surface area contributed by atoms with Gasteiger partial charge in [0.1, 0.15) is 5.15 Å². The van der Waals surface area contributed by atoms with Gasteiger partial charge in [0, 0.05) is 12.6 Å². The molecule has 0 atom stereocenters. The number of hydrogen-bond acceptors (Lipinski definition) is 2. The van der Waals surface area contributed by atoms with Crippen molar-refractivity contribution in [3.8, 4) is 6.07 Å². The highest BCUT2D eigenvalue weighted by molar-refractivity contribution is 6.30. The zero-order valence-corrected chi connectivity index (χ0v) is 14.6. The van der Waals surface area contributed by atoms with Gasteiger partial charge in [-0.05, 0) is 50.4 Å². The summed E-state index contributed by atoms with van der Waals surface area (Å²) in [6.07, 6.45) is 4.94. The normalized spacial score (nSPS) is 26.6. The fourth-order valence-electron chi connectivity index (χ4n) is 3.58. The van der Waals surface area contributed by atoms with Crippen LogP contribution in [0.5, 0.6) is 0 Å². The third-order valence-electron chi connectivity index (χ3n) is 5.19. The number of hydrogen-bond donors (Lipinski definition) is 0. The van der Waals surface area contributed by atoms with E-state index in [-0.39, 0.29) is 5.41 Å². The smallest absolute Gasteiger partial charge is 0.130 e. The van der Waals surface area contributed by atoms with Gasteiger partial charge in [-0.25, -0.2) is 0 Å². The van der Waals surface area contributed by atoms with Crippen LogP contribution in [0.15, 0.2) is 0 Å². The molecule has 21 heavy (non-hydrogen) atoms. The van der Waals surface area contributed by atoms with Gasteiger partial charge in [0.2, 0.25) is 0 Å². The van der Waals surface area contributed by atoms with Gasteiger partial charge in [-0.1, -0.05) is 32.4 Å². The molecule has 0 saturated heterocycles. The van der Waals surface area contributed by atoms with Crippen LogP contribution in [0.25, 0.3) is 0 Å². The summed E-state index contributed by atoms with van der Waals surface area (Å²) in [5.41, 5.74) is 2.08. The highest BCUT2D eigenvalue weighted by Crippen LogP contribution is 2.47. The Morgan fingerprint density at radius 2 is 1.95 bits per heavy atom. The van der Waals surface area contributed by atoms with Crippen molar-refractivity contribution >= 4 is 11.6 Å². The molecule has 1 heterocycles. The van der Waals surface area contributed by atoms with Crippen LogP contribution in [0.2, 0.25) is 5.15 Å². The molecule has 1 aliphatic rings. The second-order valence-corrected chi connectivity index (χ2v) is 8.05. The first-order valence-corrected chi connectivity index (χ1v) is 8.15. The first-order valence-electron chi connectivity index (χ1n) is 7.78. The van der Waals surface area contributed by atoms with Crippen molar-refractivity contribution in [1.29, 1.82) is 5.26 Å². The summed E-state index contributed by atoms with van der Waals surface area (Å²) in [6, 6.07) is 2.61. The molecule has 4 heteroatoms. The van der Waals surface area contributed by atoms with Crippen LogP contribution < -0.4 is 0 Å². The molecule has 1 saturated carbocycles. The zero-order chi connectivity index (χ0) is 15.8. The SMILES string of the molecule is Cc1nn(C)c(Cl)c1CC1(C#N)CCC(C(C)(C)C)CC1. The molecule has 116 valence electrons. The number of nitriles is 1. The van der Waals surface area contributed by atoms with Gasteiger partial charge in [-0.2, -0.15) is 10.4 Å². The summed E-state index contributed by atoms with van der Waals surface area (Å²) >= 11 is 6.34. The highest BCUT2D eigenvalue weighted by atomic mass is 35.5. The second kappa shape index (κ2) is 5.65. The van der Waals surface area contributed by atoms with Crippen LogP contribution in [-0.4, -0.2) is 9.78 Å². The molecule has 0 unspecified atom stereocenters. The average molecular weight is 308 g/mol. The number of halogens is 1. The van der Waals surface area contributed by atoms with Gasteiger partial charge < -0.3 is 0 Å². The lowest BCUT2D eigenvalue weighted by Gasteiger charge is -2.40. The van der Waals surface area contributed by atoms with Crippen LogP contribution in [-0.2, 0) is 13.5 Å². The minimum atomic E-state index is -0.265. The number of aryl methyl sites for hydroxylation is 2. The molecular weight excluding hydrogens is 282 g/mol. The average Bonchev–Trinajstić information content (AvgIpc) is 2.65. The largest absolute Gasteiger partial charge is 0.257 e. The van der Waals surface area contributed by atoms with Crippen molar-refractivity contribution < 1.29 is 0 Å². The molecule has 1 aromatic rings. The number of rotatable bonds is 2. The molecule has 0 aliphatic heterocycles. The van der Waals surface area contributed by atoms with Crippen molar-refractivity contribution in [3.05, 3.63) is 16.4 Å². The van der Waals surface area contributed by atoms with Crippen molar-refractivity contribution in [2.45, 2.75) is 59.8 Å². The molecule has 0 N–H and O–H groups in total. The second-order valence-electron chi connectivity index (χ2n) is 7.69. The van der Waals surface area contributed by atoms with E-state index in [1.165, 1.54) is 0 Å². The van der Waals surface area contributed by atoms with Crippen LogP contribution in [0.1, 0.15) is 57.7 Å². The van der Waals surface area contributed by atoms with Crippen molar-refractivity contribution in [1.82, 2.24) is 9.78 Å². The Bertz CT molecular complexity index is 552. The molecule has 1 aliphatic carbocycles. The van der Waals surface area contributed by atoms with Crippen molar-refractivity contribution in [3.63, 3.8) is 0 Å². The third-order valence-corrected chi connectivity index (χ3v) is 5.66. The molecule has 0 aromatic carbocycles. The molecule has 1 aromatic heterocycles. The Hall–Kier alpha value is -1.01. The lowest BCUT2D eigenvalue weighted by Crippen LogP contribution is -2.33. The minimum absolute atomic E-state index is 0.265. The standard InChI is InChI=1S/C17H26ClN3/c1-12-14(15(18)21(5)20-12)10-17(11-19)8-6-13(7-9-17)16(2,3)4/h13H,6-10H2,1-5H3. The van der Waals surface area contributed by atoms with Gasteiger partial charge in [0.25, 0.3) is 0 Å². The summed E-state index contributed by atoms with van der Waals surface area (Å²) in [5, 5.41) is 14.8. The lowest BCUT2D eigenvalue weighted by molar-refractivity contribution is 0.120. The Labute approximate surface area is 133 Å². The van der Waals surface area contributed by atoms with Crippen LogP contribution >= 0.6 is 11.6 Å². The highest BCUT2D eigenvalue weighted by Gasteiger charge is 2.40. The zero-order valence-electron chi connectivity index (χ0n) is 13.8. The Kier molecular flexibility index (Phi) is 4.40. The maximum absolute atomic E-state index is 9.76. The first-order chi connectivity index (χ1) is 9.68. The van der Waals surface area contributed by atoms with E-state index >= 15 is 0 Å². The minimum Gasteiger partial charge on any atom is -0.257 e. The van der Waals surface area contributed by atoms with Gasteiger partial charge in [0.15, 0.2) is 0 Å². The molecule has 0 amide bonds. The molecule has 0 bridgehead atoms. The van der Waals surface area contributed by atoms with Crippen LogP contribution in [0.3, 0.4) is 0 Å². The Morgan fingerprint density at radius 3 is 2.33 bits per heavy atom. The fourth-order valence-corrected chi connectivity index (χ4v) is 3.82. The van der Waals surface area contributed by atoms with Crippen LogP contribution in [0.4, 0.5) is 0 Å². The summed E-state index contributed by atoms with van der Waals surface area (Å²) in [6.45, 7) is 8.89. The van der Waals surface area contributed by atoms with Gasteiger partial charge >= 0.3 is 0 Å². The fraction of sp³-hybridized carbons (Fsp3) is 0.765. The maximum Gasteiger partial charge on any atom is 0.130 e. The summed E-state index contributed by atoms with van der Waals surface area (Å²) in [7, 11) is 1.86. The van der Waals surface area contributed by atoms with E-state index in [4.69, 9.17) is 11.6 Å². The van der Waals surface area contributed by atoms with E-state index in [0.717, 1.165) is 43.4 Å². The van der Waals surface area contributed by atoms with Crippen molar-refractivity contribution in [2.24, 2.45) is 23.8 Å². The van der Waals surface area contributed by atoms with E-state index in [1.807, 2.05) is 14.0 Å². The van der Waals surface area contributed by atoms with Gasteiger partial charge in [-0.15, -0.1) is 0 Å². The van der Waals surface area contributed by atoms with E-state index in [9.17, 15) is 5.26 Å². The molecule has 2 rings (SSSR count). The summed E-state index contributed by atoms with van der Waals surface area (Å²) in [5.74, 6) is 0.712. The maximum atomic E-state index is 9.76. The quantitative estimate of drug-likeness (QED) is 0.796. The topological polar surface area (TPSA) is 41.6 Å². The monoisotopic (exact) mass is 307 g/mol.